The summed E-state index contributed by atoms with van der Waals surface area (Å²) in [6, 6.07) is 2.39. The second-order valence-corrected chi connectivity index (χ2v) is 3.02. The Kier molecular flexibility index (Phi) is 2.65. The number of hydrogen-bond donors (Lipinski definition) is 1. The predicted molar refractivity (Wildman–Crippen MR) is 48.1 cm³/mol. The van der Waals surface area contributed by atoms with Gasteiger partial charge in [0.1, 0.15) is 5.82 Å². The minimum atomic E-state index is -1.37. The molecule has 74 valence electrons. The lowest BCUT2D eigenvalue weighted by Crippen LogP contribution is -2.05. The summed E-state index contributed by atoms with van der Waals surface area (Å²) in [5.74, 6) is -2.44. The first-order valence-electron chi connectivity index (χ1n) is 3.98. The van der Waals surface area contributed by atoms with E-state index >= 15 is 0 Å². The lowest BCUT2D eigenvalue weighted by Gasteiger charge is -2.03. The normalized spacial score (nSPS) is 9.93. The molecule has 3 nitrogen and oxygen atoms in total. The van der Waals surface area contributed by atoms with Gasteiger partial charge in [-0.25, -0.2) is 9.18 Å². The standard InChI is InChI=1S/C10H9FO3/c1-5-3-7(6(2)12)4-8(9(5)11)10(13)14/h3-4H,1-2H3,(H,13,14). The summed E-state index contributed by atoms with van der Waals surface area (Å²) in [6.45, 7) is 2.73. The molecule has 0 radical (unpaired) electrons. The molecule has 0 aliphatic heterocycles. The molecule has 0 spiro atoms. The molecular formula is C10H9FO3. The highest BCUT2D eigenvalue weighted by Gasteiger charge is 2.15. The fourth-order valence-electron chi connectivity index (χ4n) is 1.13. The Labute approximate surface area is 80.2 Å². The van der Waals surface area contributed by atoms with E-state index in [9.17, 15) is 14.0 Å². The Hall–Kier alpha value is -1.71. The van der Waals surface area contributed by atoms with Crippen molar-refractivity contribution in [1.82, 2.24) is 0 Å². The molecule has 0 atom stereocenters. The molecule has 14 heavy (non-hydrogen) atoms. The van der Waals surface area contributed by atoms with Gasteiger partial charge < -0.3 is 5.11 Å². The Morgan fingerprint density at radius 1 is 1.36 bits per heavy atom. The quantitative estimate of drug-likeness (QED) is 0.736. The molecule has 1 N–H and O–H groups in total. The van der Waals surface area contributed by atoms with E-state index in [-0.39, 0.29) is 16.9 Å². The average Bonchev–Trinajstić information content (AvgIpc) is 2.08. The molecule has 0 unspecified atom stereocenters. The zero-order chi connectivity index (χ0) is 10.9. The SMILES string of the molecule is CC(=O)c1cc(C)c(F)c(C(=O)O)c1. The third-order valence-corrected chi connectivity index (χ3v) is 1.89. The maximum absolute atomic E-state index is 13.2. The van der Waals surface area contributed by atoms with Crippen LogP contribution in [0, 0.1) is 12.7 Å². The number of carboxylic acid groups (broad SMARTS) is 1. The number of rotatable bonds is 2. The van der Waals surface area contributed by atoms with E-state index in [1.807, 2.05) is 0 Å². The number of aromatic carboxylic acids is 1. The van der Waals surface area contributed by atoms with Gasteiger partial charge in [0, 0.05) is 5.56 Å². The van der Waals surface area contributed by atoms with Gasteiger partial charge in [0.15, 0.2) is 5.78 Å². The van der Waals surface area contributed by atoms with Crippen molar-refractivity contribution in [3.05, 3.63) is 34.6 Å². The predicted octanol–water partition coefficient (Wildman–Crippen LogP) is 2.03. The fourth-order valence-corrected chi connectivity index (χ4v) is 1.13. The molecule has 1 aromatic carbocycles. The van der Waals surface area contributed by atoms with Gasteiger partial charge >= 0.3 is 5.97 Å². The van der Waals surface area contributed by atoms with Crippen LogP contribution in [0.25, 0.3) is 0 Å². The molecule has 0 saturated heterocycles. The van der Waals surface area contributed by atoms with Gasteiger partial charge in [0.05, 0.1) is 5.56 Å². The van der Waals surface area contributed by atoms with Crippen LogP contribution >= 0.6 is 0 Å². The van der Waals surface area contributed by atoms with E-state index in [2.05, 4.69) is 0 Å². The number of Topliss-reactive ketones (excluding diaryl/α,β-unsaturated/α-hetero) is 1. The number of aryl methyl sites for hydroxylation is 1. The first kappa shape index (κ1) is 10.4. The molecule has 0 aliphatic rings. The first-order chi connectivity index (χ1) is 6.43. The van der Waals surface area contributed by atoms with Crippen LogP contribution in [0.1, 0.15) is 33.2 Å². The number of ketones is 1. The van der Waals surface area contributed by atoms with Crippen LogP contribution in [0.4, 0.5) is 4.39 Å². The highest BCUT2D eigenvalue weighted by molar-refractivity contribution is 5.97. The third-order valence-electron chi connectivity index (χ3n) is 1.89. The summed E-state index contributed by atoms with van der Waals surface area (Å²) >= 11 is 0. The second kappa shape index (κ2) is 3.57. The molecule has 1 aromatic rings. The molecule has 0 saturated carbocycles. The Balaban J connectivity index is 3.43. The van der Waals surface area contributed by atoms with Crippen molar-refractivity contribution in [2.75, 3.05) is 0 Å². The van der Waals surface area contributed by atoms with Crippen LogP contribution in [-0.2, 0) is 0 Å². The van der Waals surface area contributed by atoms with E-state index in [1.165, 1.54) is 19.9 Å². The molecule has 0 aliphatic carbocycles. The number of carbonyl (C=O) groups excluding carboxylic acids is 1. The van der Waals surface area contributed by atoms with Crippen molar-refractivity contribution in [2.45, 2.75) is 13.8 Å². The molecule has 0 aromatic heterocycles. The number of benzene rings is 1. The summed E-state index contributed by atoms with van der Waals surface area (Å²) < 4.78 is 13.2. The van der Waals surface area contributed by atoms with Gasteiger partial charge in [0.25, 0.3) is 0 Å². The zero-order valence-electron chi connectivity index (χ0n) is 7.80. The van der Waals surface area contributed by atoms with Crippen LogP contribution in [0.15, 0.2) is 12.1 Å². The van der Waals surface area contributed by atoms with Gasteiger partial charge in [-0.3, -0.25) is 4.79 Å². The lowest BCUT2D eigenvalue weighted by atomic mass is 10.0. The van der Waals surface area contributed by atoms with E-state index in [0.29, 0.717) is 0 Å². The Morgan fingerprint density at radius 3 is 2.36 bits per heavy atom. The van der Waals surface area contributed by atoms with E-state index < -0.39 is 17.3 Å². The van der Waals surface area contributed by atoms with E-state index in [1.54, 1.807) is 0 Å². The summed E-state index contributed by atoms with van der Waals surface area (Å²) in [5, 5.41) is 8.65. The van der Waals surface area contributed by atoms with Gasteiger partial charge in [-0.1, -0.05) is 0 Å². The van der Waals surface area contributed by atoms with Crippen LogP contribution in [0.3, 0.4) is 0 Å². The van der Waals surface area contributed by atoms with Crippen LogP contribution in [0.5, 0.6) is 0 Å². The number of carboxylic acids is 1. The molecule has 4 heteroatoms. The molecule has 1 rings (SSSR count). The second-order valence-electron chi connectivity index (χ2n) is 3.02. The average molecular weight is 196 g/mol. The Bertz CT molecular complexity index is 410. The van der Waals surface area contributed by atoms with Crippen molar-refractivity contribution < 1.29 is 19.1 Å². The lowest BCUT2D eigenvalue weighted by molar-refractivity contribution is 0.0691. The maximum atomic E-state index is 13.2. The zero-order valence-corrected chi connectivity index (χ0v) is 7.80. The molecule has 0 amide bonds. The fraction of sp³-hybridized carbons (Fsp3) is 0.200. The topological polar surface area (TPSA) is 54.4 Å². The molecule has 0 fully saturated rings. The summed E-state index contributed by atoms with van der Waals surface area (Å²) in [5.41, 5.74) is -0.0911. The molecule has 0 heterocycles. The van der Waals surface area contributed by atoms with Crippen molar-refractivity contribution in [2.24, 2.45) is 0 Å². The van der Waals surface area contributed by atoms with Gasteiger partial charge in [-0.15, -0.1) is 0 Å². The summed E-state index contributed by atoms with van der Waals surface area (Å²) in [4.78, 5) is 21.6. The highest BCUT2D eigenvalue weighted by atomic mass is 19.1. The van der Waals surface area contributed by atoms with Crippen molar-refractivity contribution >= 4 is 11.8 Å². The number of hydrogen-bond acceptors (Lipinski definition) is 2. The Morgan fingerprint density at radius 2 is 1.93 bits per heavy atom. The van der Waals surface area contributed by atoms with Gasteiger partial charge in [0.2, 0.25) is 0 Å². The minimum absolute atomic E-state index is 0.162. The van der Waals surface area contributed by atoms with Crippen molar-refractivity contribution in [1.29, 1.82) is 0 Å². The monoisotopic (exact) mass is 196 g/mol. The van der Waals surface area contributed by atoms with Crippen LogP contribution in [-0.4, -0.2) is 16.9 Å². The summed E-state index contributed by atoms with van der Waals surface area (Å²) in [6.07, 6.45) is 0. The largest absolute Gasteiger partial charge is 0.478 e. The number of carbonyl (C=O) groups is 2. The first-order valence-corrected chi connectivity index (χ1v) is 3.98. The van der Waals surface area contributed by atoms with Gasteiger partial charge in [-0.05, 0) is 31.5 Å². The summed E-state index contributed by atoms with van der Waals surface area (Å²) in [7, 11) is 0. The van der Waals surface area contributed by atoms with E-state index in [4.69, 9.17) is 5.11 Å². The van der Waals surface area contributed by atoms with Crippen molar-refractivity contribution in [3.8, 4) is 0 Å². The van der Waals surface area contributed by atoms with Crippen LogP contribution < -0.4 is 0 Å². The highest BCUT2D eigenvalue weighted by Crippen LogP contribution is 2.16. The smallest absolute Gasteiger partial charge is 0.338 e. The van der Waals surface area contributed by atoms with Gasteiger partial charge in [-0.2, -0.15) is 0 Å². The molecule has 0 bridgehead atoms. The van der Waals surface area contributed by atoms with Crippen LogP contribution in [0.2, 0.25) is 0 Å². The van der Waals surface area contributed by atoms with E-state index in [0.717, 1.165) is 6.07 Å². The van der Waals surface area contributed by atoms with Crippen molar-refractivity contribution in [3.63, 3.8) is 0 Å². The number of halogens is 1. The minimum Gasteiger partial charge on any atom is -0.478 e. The molecular weight excluding hydrogens is 187 g/mol. The third kappa shape index (κ3) is 1.79. The maximum Gasteiger partial charge on any atom is 0.338 e.